The third-order valence-corrected chi connectivity index (χ3v) is 6.92. The number of anilines is 1. The Morgan fingerprint density at radius 1 is 0.957 bits per heavy atom. The lowest BCUT2D eigenvalue weighted by Crippen LogP contribution is -2.50. The van der Waals surface area contributed by atoms with Crippen LogP contribution in [0.15, 0.2) is 90.1 Å². The van der Waals surface area contributed by atoms with Gasteiger partial charge in [-0.3, -0.25) is 19.3 Å². The predicted molar refractivity (Wildman–Crippen MR) is 160 cm³/mol. The van der Waals surface area contributed by atoms with E-state index in [0.717, 1.165) is 23.1 Å². The van der Waals surface area contributed by atoms with Gasteiger partial charge >= 0.3 is 24.1 Å². The summed E-state index contributed by atoms with van der Waals surface area (Å²) in [5, 5.41) is 11.9. The Balaban J connectivity index is 1.86. The fourth-order valence-electron chi connectivity index (χ4n) is 4.83. The molecule has 0 fully saturated rings. The van der Waals surface area contributed by atoms with Gasteiger partial charge in [-0.05, 0) is 69.2 Å². The van der Waals surface area contributed by atoms with Crippen molar-refractivity contribution >= 4 is 29.4 Å². The van der Waals surface area contributed by atoms with Crippen molar-refractivity contribution in [3.63, 3.8) is 0 Å². The number of rotatable bonds is 8. The first-order valence-electron chi connectivity index (χ1n) is 14.1. The first kappa shape index (κ1) is 33.5. The first-order chi connectivity index (χ1) is 21.6. The maximum Gasteiger partial charge on any atom is 0.416 e. The number of hydrogen-bond donors (Lipinski definition) is 1. The van der Waals surface area contributed by atoms with Crippen LogP contribution >= 0.6 is 0 Å². The van der Waals surface area contributed by atoms with E-state index in [4.69, 9.17) is 9.47 Å². The van der Waals surface area contributed by atoms with Crippen LogP contribution in [-0.2, 0) is 36.6 Å². The molecule has 1 aliphatic heterocycles. The summed E-state index contributed by atoms with van der Waals surface area (Å²) in [6.07, 6.45) is -4.73. The summed E-state index contributed by atoms with van der Waals surface area (Å²) in [6.45, 7) is 5.69. The van der Waals surface area contributed by atoms with Gasteiger partial charge in [0.1, 0.15) is 12.2 Å². The van der Waals surface area contributed by atoms with Crippen LogP contribution in [0.1, 0.15) is 56.0 Å². The van der Waals surface area contributed by atoms with Gasteiger partial charge in [-0.25, -0.2) is 4.79 Å². The standard InChI is InChI=1S/C34H30F3N3O6/c1-20-26(29(41)27(31(43)46-33(2,3)4)30(42)45-19-22-9-6-5-7-10-22)28(23-15-13-21(18-38)14-16-23)39-32(44)40(20)25-12-8-11-24(17-25)34(35,36)37/h5-17,27-28H,19H2,1-4H3,(H,39,44). The molecule has 3 aromatic carbocycles. The van der Waals surface area contributed by atoms with Crippen LogP contribution in [0.25, 0.3) is 0 Å². The number of halogens is 3. The number of ether oxygens (including phenoxy) is 2. The van der Waals surface area contributed by atoms with Crippen molar-refractivity contribution in [2.24, 2.45) is 5.92 Å². The highest BCUT2D eigenvalue weighted by Crippen LogP contribution is 2.38. The minimum absolute atomic E-state index is 0.133. The smallest absolute Gasteiger partial charge is 0.416 e. The second-order valence-electron chi connectivity index (χ2n) is 11.4. The zero-order chi connectivity index (χ0) is 33.8. The number of benzene rings is 3. The van der Waals surface area contributed by atoms with Crippen LogP contribution in [-0.4, -0.2) is 29.4 Å². The van der Waals surface area contributed by atoms with Crippen LogP contribution < -0.4 is 10.2 Å². The van der Waals surface area contributed by atoms with Crippen molar-refractivity contribution in [2.45, 2.75) is 52.1 Å². The molecule has 1 heterocycles. The van der Waals surface area contributed by atoms with E-state index in [2.05, 4.69) is 5.32 Å². The van der Waals surface area contributed by atoms with Gasteiger partial charge in [-0.15, -0.1) is 0 Å². The van der Waals surface area contributed by atoms with E-state index in [1.54, 1.807) is 51.1 Å². The number of allylic oxidation sites excluding steroid dienone is 1. The zero-order valence-corrected chi connectivity index (χ0v) is 25.3. The van der Waals surface area contributed by atoms with Crippen LogP contribution in [0.5, 0.6) is 0 Å². The Bertz CT molecular complexity index is 1720. The molecule has 3 aromatic rings. The minimum Gasteiger partial charge on any atom is -0.460 e. The Labute approximate surface area is 263 Å². The number of hydrogen-bond acceptors (Lipinski definition) is 7. The molecule has 0 bridgehead atoms. The van der Waals surface area contributed by atoms with Crippen molar-refractivity contribution < 1.29 is 41.8 Å². The quantitative estimate of drug-likeness (QED) is 0.225. The van der Waals surface area contributed by atoms with Crippen molar-refractivity contribution in [1.29, 1.82) is 5.26 Å². The van der Waals surface area contributed by atoms with Crippen LogP contribution in [0.3, 0.4) is 0 Å². The largest absolute Gasteiger partial charge is 0.460 e. The lowest BCUT2D eigenvalue weighted by Gasteiger charge is -2.36. The molecule has 1 N–H and O–H groups in total. The summed E-state index contributed by atoms with van der Waals surface area (Å²) in [4.78, 5) is 55.8. The maximum absolute atomic E-state index is 14.4. The second-order valence-corrected chi connectivity index (χ2v) is 11.4. The fraction of sp³-hybridized carbons (Fsp3) is 0.265. The monoisotopic (exact) mass is 633 g/mol. The number of ketones is 1. The molecule has 2 atom stereocenters. The van der Waals surface area contributed by atoms with Crippen molar-refractivity contribution in [3.8, 4) is 6.07 Å². The molecule has 1 aliphatic rings. The molecule has 9 nitrogen and oxygen atoms in total. The van der Waals surface area contributed by atoms with Crippen molar-refractivity contribution in [3.05, 3.63) is 112 Å². The molecule has 46 heavy (non-hydrogen) atoms. The summed E-state index contributed by atoms with van der Waals surface area (Å²) in [7, 11) is 0. The molecular weight excluding hydrogens is 603 g/mol. The Kier molecular flexibility index (Phi) is 9.66. The average Bonchev–Trinajstić information content (AvgIpc) is 2.99. The molecular formula is C34H30F3N3O6. The maximum atomic E-state index is 14.4. The number of carbonyl (C=O) groups excluding carboxylic acids is 4. The number of amides is 2. The van der Waals surface area contributed by atoms with Gasteiger partial charge in [0.2, 0.25) is 5.92 Å². The van der Waals surface area contributed by atoms with Gasteiger partial charge in [0.05, 0.1) is 28.9 Å². The van der Waals surface area contributed by atoms with Gasteiger partial charge in [-0.2, -0.15) is 18.4 Å². The van der Waals surface area contributed by atoms with E-state index >= 15 is 0 Å². The Hall–Kier alpha value is -5.44. The molecule has 0 aliphatic carbocycles. The molecule has 238 valence electrons. The van der Waals surface area contributed by atoms with Crippen LogP contribution in [0.4, 0.5) is 23.7 Å². The van der Waals surface area contributed by atoms with E-state index < -0.39 is 53.1 Å². The lowest BCUT2D eigenvalue weighted by molar-refractivity contribution is -0.170. The van der Waals surface area contributed by atoms with Gasteiger partial charge < -0.3 is 14.8 Å². The summed E-state index contributed by atoms with van der Waals surface area (Å²) in [6, 6.07) is 18.1. The first-order valence-corrected chi connectivity index (χ1v) is 14.1. The molecule has 4 rings (SSSR count). The van der Waals surface area contributed by atoms with E-state index in [0.29, 0.717) is 11.1 Å². The molecule has 0 saturated carbocycles. The number of carbonyl (C=O) groups is 4. The number of Topliss-reactive ketones (excluding diaryl/α,β-unsaturated/α-hetero) is 1. The predicted octanol–water partition coefficient (Wildman–Crippen LogP) is 6.39. The van der Waals surface area contributed by atoms with Crippen molar-refractivity contribution in [2.75, 3.05) is 4.90 Å². The Morgan fingerprint density at radius 2 is 1.61 bits per heavy atom. The Morgan fingerprint density at radius 3 is 2.20 bits per heavy atom. The number of urea groups is 1. The molecule has 0 aromatic heterocycles. The summed E-state index contributed by atoms with van der Waals surface area (Å²) in [5.41, 5.74) is -1.60. The van der Waals surface area contributed by atoms with Gasteiger partial charge in [0, 0.05) is 11.3 Å². The summed E-state index contributed by atoms with van der Waals surface area (Å²) in [5.74, 6) is -5.66. The lowest BCUT2D eigenvalue weighted by atomic mass is 9.86. The molecule has 2 amide bonds. The third kappa shape index (κ3) is 7.61. The molecule has 2 unspecified atom stereocenters. The average molecular weight is 634 g/mol. The number of nitrogens with zero attached hydrogens (tertiary/aromatic N) is 2. The zero-order valence-electron chi connectivity index (χ0n) is 25.3. The molecule has 12 heteroatoms. The normalized spacial score (nSPS) is 15.8. The highest BCUT2D eigenvalue weighted by molar-refractivity contribution is 6.22. The van der Waals surface area contributed by atoms with E-state index in [-0.39, 0.29) is 29.1 Å². The van der Waals surface area contributed by atoms with Crippen molar-refractivity contribution in [1.82, 2.24) is 5.32 Å². The van der Waals surface area contributed by atoms with E-state index in [1.165, 1.54) is 37.3 Å². The van der Waals surface area contributed by atoms with E-state index in [9.17, 15) is 37.6 Å². The van der Waals surface area contributed by atoms with Gasteiger partial charge in [-0.1, -0.05) is 48.5 Å². The summed E-state index contributed by atoms with van der Waals surface area (Å²) >= 11 is 0. The fourth-order valence-corrected chi connectivity index (χ4v) is 4.83. The molecule has 0 saturated heterocycles. The van der Waals surface area contributed by atoms with E-state index in [1.807, 2.05) is 6.07 Å². The number of nitriles is 1. The molecule has 0 radical (unpaired) electrons. The SMILES string of the molecule is CC1=C(C(=O)C(C(=O)OCc2ccccc2)C(=O)OC(C)(C)C)C(c2ccc(C#N)cc2)NC(=O)N1c1cccc(C(F)(F)F)c1. The number of esters is 2. The molecule has 0 spiro atoms. The number of nitrogens with one attached hydrogen (secondary N) is 1. The van der Waals surface area contributed by atoms with Gasteiger partial charge in [0.15, 0.2) is 5.78 Å². The number of alkyl halides is 3. The van der Waals surface area contributed by atoms with Gasteiger partial charge in [0.25, 0.3) is 0 Å². The third-order valence-electron chi connectivity index (χ3n) is 6.92. The second kappa shape index (κ2) is 13.3. The minimum atomic E-state index is -4.73. The highest BCUT2D eigenvalue weighted by atomic mass is 19.4. The highest BCUT2D eigenvalue weighted by Gasteiger charge is 2.46. The summed E-state index contributed by atoms with van der Waals surface area (Å²) < 4.78 is 51.6. The topological polar surface area (TPSA) is 126 Å². The van der Waals surface area contributed by atoms with Crippen LogP contribution in [0, 0.1) is 17.2 Å². The van der Waals surface area contributed by atoms with Crippen LogP contribution in [0.2, 0.25) is 0 Å².